The monoisotopic (exact) mass is 458 g/mol. The Bertz CT molecular complexity index is 1030. The highest BCUT2D eigenvalue weighted by molar-refractivity contribution is 7.89. The molecule has 2 saturated heterocycles. The molecule has 0 unspecified atom stereocenters. The molecule has 2 aromatic rings. The number of piperidine rings is 1. The number of carbonyl (C=O) groups excluding carboxylic acids is 1. The molecule has 2 heterocycles. The quantitative estimate of drug-likeness (QED) is 0.663. The lowest BCUT2D eigenvalue weighted by Gasteiger charge is -2.34. The van der Waals surface area contributed by atoms with Crippen molar-refractivity contribution in [3.8, 4) is 11.5 Å². The van der Waals surface area contributed by atoms with Crippen molar-refractivity contribution in [1.29, 1.82) is 0 Å². The zero-order chi connectivity index (χ0) is 22.7. The van der Waals surface area contributed by atoms with Crippen molar-refractivity contribution in [1.82, 2.24) is 9.21 Å². The highest BCUT2D eigenvalue weighted by Crippen LogP contribution is 2.36. The van der Waals surface area contributed by atoms with Crippen LogP contribution in [0.2, 0.25) is 0 Å². The standard InChI is InChI=1S/C24H30N2O5S/c1-30-20-7-5-18(6-8-20)23-4-3-15-26(23)24(27)19-13-16-25(17-14-19)32(28,29)22-11-9-21(31-2)10-12-22/h5-12,19,23H,3-4,13-17H2,1-2H3/t23-/m1/s1. The van der Waals surface area contributed by atoms with E-state index in [-0.39, 0.29) is 22.8 Å². The molecule has 172 valence electrons. The van der Waals surface area contributed by atoms with E-state index in [0.717, 1.165) is 30.7 Å². The Balaban J connectivity index is 1.40. The predicted octanol–water partition coefficient (Wildman–Crippen LogP) is 3.47. The van der Waals surface area contributed by atoms with Crippen molar-refractivity contribution in [2.75, 3.05) is 33.9 Å². The summed E-state index contributed by atoms with van der Waals surface area (Å²) in [6, 6.07) is 14.4. The fraction of sp³-hybridized carbons (Fsp3) is 0.458. The minimum absolute atomic E-state index is 0.0782. The van der Waals surface area contributed by atoms with Crippen LogP contribution in [0.4, 0.5) is 0 Å². The Morgan fingerprint density at radius 3 is 1.97 bits per heavy atom. The average molecular weight is 459 g/mol. The van der Waals surface area contributed by atoms with Crippen molar-refractivity contribution in [3.63, 3.8) is 0 Å². The number of methoxy groups -OCH3 is 2. The van der Waals surface area contributed by atoms with Crippen LogP contribution in [0.3, 0.4) is 0 Å². The number of hydrogen-bond donors (Lipinski definition) is 0. The van der Waals surface area contributed by atoms with Gasteiger partial charge in [0.05, 0.1) is 25.2 Å². The molecule has 1 amide bonds. The molecule has 32 heavy (non-hydrogen) atoms. The molecule has 0 radical (unpaired) electrons. The van der Waals surface area contributed by atoms with E-state index in [0.29, 0.717) is 31.7 Å². The first kappa shape index (κ1) is 22.6. The zero-order valence-electron chi connectivity index (χ0n) is 18.6. The minimum atomic E-state index is -3.57. The Kier molecular flexibility index (Phi) is 6.71. The first-order valence-electron chi connectivity index (χ1n) is 11.0. The number of rotatable bonds is 6. The largest absolute Gasteiger partial charge is 0.497 e. The molecule has 2 fully saturated rings. The number of ether oxygens (including phenoxy) is 2. The highest BCUT2D eigenvalue weighted by atomic mass is 32.2. The van der Waals surface area contributed by atoms with E-state index in [9.17, 15) is 13.2 Å². The van der Waals surface area contributed by atoms with Crippen LogP contribution in [0.1, 0.15) is 37.3 Å². The molecule has 0 N–H and O–H groups in total. The van der Waals surface area contributed by atoms with Gasteiger partial charge in [-0.15, -0.1) is 0 Å². The maximum Gasteiger partial charge on any atom is 0.243 e. The van der Waals surface area contributed by atoms with Gasteiger partial charge in [-0.2, -0.15) is 4.31 Å². The van der Waals surface area contributed by atoms with E-state index < -0.39 is 10.0 Å². The van der Waals surface area contributed by atoms with Gasteiger partial charge in [-0.3, -0.25) is 4.79 Å². The first-order valence-corrected chi connectivity index (χ1v) is 12.5. The van der Waals surface area contributed by atoms with Crippen molar-refractivity contribution < 1.29 is 22.7 Å². The van der Waals surface area contributed by atoms with E-state index in [1.165, 1.54) is 4.31 Å². The molecule has 0 saturated carbocycles. The Morgan fingerprint density at radius 2 is 1.41 bits per heavy atom. The number of benzene rings is 2. The molecule has 0 bridgehead atoms. The summed E-state index contributed by atoms with van der Waals surface area (Å²) >= 11 is 0. The van der Waals surface area contributed by atoms with Gasteiger partial charge in [-0.25, -0.2) is 8.42 Å². The summed E-state index contributed by atoms with van der Waals surface area (Å²) in [5, 5.41) is 0. The number of amides is 1. The molecule has 0 aromatic heterocycles. The molecular formula is C24H30N2O5S. The van der Waals surface area contributed by atoms with Crippen molar-refractivity contribution in [2.24, 2.45) is 5.92 Å². The lowest BCUT2D eigenvalue weighted by molar-refractivity contribution is -0.137. The number of nitrogens with zero attached hydrogens (tertiary/aromatic N) is 2. The summed E-state index contributed by atoms with van der Waals surface area (Å²) in [6.45, 7) is 1.46. The molecule has 2 aromatic carbocycles. The summed E-state index contributed by atoms with van der Waals surface area (Å²) in [5.74, 6) is 1.42. The minimum Gasteiger partial charge on any atom is -0.497 e. The van der Waals surface area contributed by atoms with Crippen LogP contribution in [0, 0.1) is 5.92 Å². The van der Waals surface area contributed by atoms with E-state index in [2.05, 4.69) is 0 Å². The fourth-order valence-electron chi connectivity index (χ4n) is 4.68. The van der Waals surface area contributed by atoms with Gasteiger partial charge >= 0.3 is 0 Å². The lowest BCUT2D eigenvalue weighted by Crippen LogP contribution is -2.44. The predicted molar refractivity (Wildman–Crippen MR) is 121 cm³/mol. The average Bonchev–Trinajstić information content (AvgIpc) is 3.33. The molecule has 2 aliphatic heterocycles. The summed E-state index contributed by atoms with van der Waals surface area (Å²) in [6.07, 6.45) is 3.01. The maximum atomic E-state index is 13.3. The van der Waals surface area contributed by atoms with Crippen LogP contribution in [-0.4, -0.2) is 57.4 Å². The fourth-order valence-corrected chi connectivity index (χ4v) is 6.15. The van der Waals surface area contributed by atoms with Gasteiger partial charge in [0.15, 0.2) is 0 Å². The molecule has 1 atom stereocenters. The van der Waals surface area contributed by atoms with Crippen LogP contribution < -0.4 is 9.47 Å². The molecule has 0 spiro atoms. The Morgan fingerprint density at radius 1 is 0.844 bits per heavy atom. The first-order chi connectivity index (χ1) is 15.4. The second-order valence-electron chi connectivity index (χ2n) is 8.32. The van der Waals surface area contributed by atoms with Gasteiger partial charge in [-0.1, -0.05) is 12.1 Å². The van der Waals surface area contributed by atoms with E-state index in [1.54, 1.807) is 38.5 Å². The van der Waals surface area contributed by atoms with Crippen LogP contribution in [0.25, 0.3) is 0 Å². The number of carbonyl (C=O) groups is 1. The van der Waals surface area contributed by atoms with Gasteiger partial charge in [0.1, 0.15) is 11.5 Å². The summed E-state index contributed by atoms with van der Waals surface area (Å²) in [7, 11) is -0.388. The molecular weight excluding hydrogens is 428 g/mol. The molecule has 4 rings (SSSR count). The molecule has 0 aliphatic carbocycles. The highest BCUT2D eigenvalue weighted by Gasteiger charge is 2.37. The number of likely N-dealkylation sites (tertiary alicyclic amines) is 1. The van der Waals surface area contributed by atoms with E-state index >= 15 is 0 Å². The third-order valence-electron chi connectivity index (χ3n) is 6.54. The third-order valence-corrected chi connectivity index (χ3v) is 8.45. The SMILES string of the molecule is COc1ccc([C@H]2CCCN2C(=O)C2CCN(S(=O)(=O)c3ccc(OC)cc3)CC2)cc1. The Hall–Kier alpha value is -2.58. The summed E-state index contributed by atoms with van der Waals surface area (Å²) < 4.78 is 37.8. The van der Waals surface area contributed by atoms with Crippen molar-refractivity contribution in [3.05, 3.63) is 54.1 Å². The van der Waals surface area contributed by atoms with Gasteiger partial charge in [-0.05, 0) is 67.6 Å². The van der Waals surface area contributed by atoms with Crippen LogP contribution >= 0.6 is 0 Å². The second-order valence-corrected chi connectivity index (χ2v) is 10.3. The molecule has 8 heteroatoms. The van der Waals surface area contributed by atoms with E-state index in [4.69, 9.17) is 9.47 Å². The number of hydrogen-bond acceptors (Lipinski definition) is 5. The number of sulfonamides is 1. The smallest absolute Gasteiger partial charge is 0.243 e. The van der Waals surface area contributed by atoms with Gasteiger partial charge < -0.3 is 14.4 Å². The van der Waals surface area contributed by atoms with Crippen LogP contribution in [0.5, 0.6) is 11.5 Å². The second kappa shape index (κ2) is 9.50. The normalized spacial score (nSPS) is 20.3. The van der Waals surface area contributed by atoms with E-state index in [1.807, 2.05) is 29.2 Å². The molecule has 2 aliphatic rings. The lowest BCUT2D eigenvalue weighted by atomic mass is 9.95. The maximum absolute atomic E-state index is 13.3. The van der Waals surface area contributed by atoms with Gasteiger partial charge in [0.25, 0.3) is 0 Å². The topological polar surface area (TPSA) is 76.2 Å². The van der Waals surface area contributed by atoms with Crippen molar-refractivity contribution in [2.45, 2.75) is 36.6 Å². The van der Waals surface area contributed by atoms with Gasteiger partial charge in [0.2, 0.25) is 15.9 Å². The molecule has 7 nitrogen and oxygen atoms in total. The summed E-state index contributed by atoms with van der Waals surface area (Å²) in [5.41, 5.74) is 1.12. The summed E-state index contributed by atoms with van der Waals surface area (Å²) in [4.78, 5) is 15.6. The van der Waals surface area contributed by atoms with Crippen LogP contribution in [0.15, 0.2) is 53.4 Å². The van der Waals surface area contributed by atoms with Gasteiger partial charge in [0, 0.05) is 25.6 Å². The zero-order valence-corrected chi connectivity index (χ0v) is 19.4. The van der Waals surface area contributed by atoms with Crippen LogP contribution in [-0.2, 0) is 14.8 Å². The Labute approximate surface area is 190 Å². The van der Waals surface area contributed by atoms with Crippen molar-refractivity contribution >= 4 is 15.9 Å². The third kappa shape index (κ3) is 4.47.